The number of benzene rings is 2. The van der Waals surface area contributed by atoms with E-state index in [4.69, 9.17) is 20.0 Å². The molecule has 0 aliphatic rings. The summed E-state index contributed by atoms with van der Waals surface area (Å²) in [6, 6.07) is 12.8. The lowest BCUT2D eigenvalue weighted by Crippen LogP contribution is -2.16. The average Bonchev–Trinajstić information content (AvgIpc) is 2.58. The molecular formula is C16H13ClN2O4S. The molecule has 0 amide bonds. The number of aromatic nitrogens is 1. The van der Waals surface area contributed by atoms with Gasteiger partial charge in [-0.25, -0.2) is 0 Å². The summed E-state index contributed by atoms with van der Waals surface area (Å²) in [4.78, 5) is 4.12. The molecular weight excluding hydrogens is 352 g/mol. The molecule has 6 nitrogen and oxygen atoms in total. The molecule has 0 radical (unpaired) electrons. The molecule has 1 aromatic heterocycles. The van der Waals surface area contributed by atoms with Gasteiger partial charge in [0.1, 0.15) is 11.3 Å². The third-order valence-corrected chi connectivity index (χ3v) is 4.32. The minimum Gasteiger partial charge on any atom is -0.388 e. The molecule has 0 saturated carbocycles. The van der Waals surface area contributed by atoms with E-state index in [0.717, 1.165) is 5.69 Å². The van der Waals surface area contributed by atoms with Gasteiger partial charge < -0.3 is 13.7 Å². The smallest absolute Gasteiger partial charge is 0.388 e. The van der Waals surface area contributed by atoms with Crippen molar-refractivity contribution in [2.75, 3.05) is 12.4 Å². The van der Waals surface area contributed by atoms with Crippen LogP contribution in [0.5, 0.6) is 11.5 Å². The van der Waals surface area contributed by atoms with Crippen molar-refractivity contribution in [3.8, 4) is 11.5 Å². The van der Waals surface area contributed by atoms with Crippen LogP contribution >= 0.6 is 11.6 Å². The number of pyridine rings is 1. The van der Waals surface area contributed by atoms with E-state index in [0.29, 0.717) is 15.9 Å². The Hall–Kier alpha value is -2.51. The Morgan fingerprint density at radius 1 is 1.04 bits per heavy atom. The molecule has 1 heterocycles. The molecule has 2 aromatic carbocycles. The fourth-order valence-corrected chi connectivity index (χ4v) is 3.05. The number of nitrogens with zero attached hydrogens (tertiary/aromatic N) is 1. The van der Waals surface area contributed by atoms with Crippen LogP contribution in [0.25, 0.3) is 10.9 Å². The highest BCUT2D eigenvalue weighted by Gasteiger charge is 2.18. The molecule has 1 N–H and O–H groups in total. The Labute approximate surface area is 144 Å². The van der Waals surface area contributed by atoms with Gasteiger partial charge in [0.2, 0.25) is 0 Å². The Balaban J connectivity index is 1.88. The number of hydrogen-bond donors (Lipinski definition) is 1. The topological polar surface area (TPSA) is 77.5 Å². The summed E-state index contributed by atoms with van der Waals surface area (Å²) >= 11 is 6.08. The maximum atomic E-state index is 12.1. The van der Waals surface area contributed by atoms with E-state index in [-0.39, 0.29) is 11.5 Å². The lowest BCUT2D eigenvalue weighted by molar-refractivity contribution is 0.394. The molecule has 0 bridgehead atoms. The summed E-state index contributed by atoms with van der Waals surface area (Å²) in [7, 11) is -2.56. The standard InChI is InChI=1S/C16H13ClN2O4S/c1-18-11-4-6-12(7-5-11)22-24(20,21)23-15-9-8-14(17)13-3-2-10-19-16(13)15/h2-10,18H,1H3. The zero-order valence-corrected chi connectivity index (χ0v) is 14.1. The minimum atomic E-state index is -4.32. The van der Waals surface area contributed by atoms with E-state index >= 15 is 0 Å². The van der Waals surface area contributed by atoms with E-state index in [9.17, 15) is 8.42 Å². The second-order valence-corrected chi connectivity index (χ2v) is 6.35. The molecule has 0 atom stereocenters. The number of rotatable bonds is 5. The van der Waals surface area contributed by atoms with Crippen LogP contribution < -0.4 is 13.7 Å². The molecule has 0 saturated heterocycles. The van der Waals surface area contributed by atoms with E-state index < -0.39 is 10.4 Å². The van der Waals surface area contributed by atoms with Gasteiger partial charge in [-0.1, -0.05) is 11.6 Å². The third kappa shape index (κ3) is 3.52. The molecule has 24 heavy (non-hydrogen) atoms. The summed E-state index contributed by atoms with van der Waals surface area (Å²) in [5.74, 6) is 0.182. The molecule has 0 fully saturated rings. The highest BCUT2D eigenvalue weighted by molar-refractivity contribution is 7.82. The summed E-state index contributed by atoms with van der Waals surface area (Å²) < 4.78 is 34.3. The highest BCUT2D eigenvalue weighted by Crippen LogP contribution is 2.30. The number of halogens is 1. The zero-order valence-electron chi connectivity index (χ0n) is 12.6. The van der Waals surface area contributed by atoms with Crippen molar-refractivity contribution in [3.05, 3.63) is 59.8 Å². The van der Waals surface area contributed by atoms with Gasteiger partial charge in [0.05, 0.1) is 5.02 Å². The fourth-order valence-electron chi connectivity index (χ4n) is 2.10. The summed E-state index contributed by atoms with van der Waals surface area (Å²) in [6.45, 7) is 0. The quantitative estimate of drug-likeness (QED) is 0.744. The van der Waals surface area contributed by atoms with E-state index in [1.807, 2.05) is 0 Å². The largest absolute Gasteiger partial charge is 0.501 e. The van der Waals surface area contributed by atoms with E-state index in [1.54, 1.807) is 31.3 Å². The molecule has 0 aliphatic heterocycles. The fraction of sp³-hybridized carbons (Fsp3) is 0.0625. The summed E-state index contributed by atoms with van der Waals surface area (Å²) in [5.41, 5.74) is 1.16. The molecule has 3 rings (SSSR count). The van der Waals surface area contributed by atoms with Gasteiger partial charge in [0, 0.05) is 24.3 Å². The van der Waals surface area contributed by atoms with Crippen LogP contribution in [0, 0.1) is 0 Å². The van der Waals surface area contributed by atoms with Crippen molar-refractivity contribution in [2.24, 2.45) is 0 Å². The first kappa shape index (κ1) is 16.4. The number of hydrogen-bond acceptors (Lipinski definition) is 6. The van der Waals surface area contributed by atoms with Crippen LogP contribution in [0.4, 0.5) is 5.69 Å². The zero-order chi connectivity index (χ0) is 17.2. The molecule has 0 aliphatic carbocycles. The Kier molecular flexibility index (Phi) is 4.46. The van der Waals surface area contributed by atoms with Gasteiger partial charge in [-0.05, 0) is 48.5 Å². The highest BCUT2D eigenvalue weighted by atomic mass is 35.5. The Morgan fingerprint density at radius 2 is 1.79 bits per heavy atom. The number of fused-ring (bicyclic) bond motifs is 1. The number of nitrogens with one attached hydrogen (secondary N) is 1. The van der Waals surface area contributed by atoms with Crippen molar-refractivity contribution in [1.82, 2.24) is 4.98 Å². The van der Waals surface area contributed by atoms with Gasteiger partial charge in [0.25, 0.3) is 0 Å². The Morgan fingerprint density at radius 3 is 2.50 bits per heavy atom. The lowest BCUT2D eigenvalue weighted by Gasteiger charge is -2.10. The first-order chi connectivity index (χ1) is 11.5. The lowest BCUT2D eigenvalue weighted by atomic mass is 10.2. The van der Waals surface area contributed by atoms with Gasteiger partial charge in [0.15, 0.2) is 5.75 Å². The van der Waals surface area contributed by atoms with Crippen LogP contribution in [0.3, 0.4) is 0 Å². The van der Waals surface area contributed by atoms with E-state index in [1.165, 1.54) is 30.5 Å². The first-order valence-corrected chi connectivity index (χ1v) is 8.64. The van der Waals surface area contributed by atoms with Gasteiger partial charge in [-0.15, -0.1) is 8.42 Å². The normalized spacial score (nSPS) is 11.2. The third-order valence-electron chi connectivity index (χ3n) is 3.21. The summed E-state index contributed by atoms with van der Waals surface area (Å²) in [5, 5.41) is 3.96. The van der Waals surface area contributed by atoms with Crippen molar-refractivity contribution in [3.63, 3.8) is 0 Å². The van der Waals surface area contributed by atoms with Crippen molar-refractivity contribution in [1.29, 1.82) is 0 Å². The second kappa shape index (κ2) is 6.54. The van der Waals surface area contributed by atoms with Crippen LogP contribution in [0.15, 0.2) is 54.7 Å². The molecule has 8 heteroatoms. The van der Waals surface area contributed by atoms with Crippen molar-refractivity contribution >= 4 is 38.6 Å². The molecule has 0 spiro atoms. The second-order valence-electron chi connectivity index (χ2n) is 4.79. The van der Waals surface area contributed by atoms with Gasteiger partial charge in [-0.2, -0.15) is 0 Å². The monoisotopic (exact) mass is 364 g/mol. The molecule has 124 valence electrons. The SMILES string of the molecule is CNc1ccc(OS(=O)(=O)Oc2ccc(Cl)c3cccnc23)cc1. The maximum absolute atomic E-state index is 12.1. The van der Waals surface area contributed by atoms with E-state index in [2.05, 4.69) is 10.3 Å². The maximum Gasteiger partial charge on any atom is 0.501 e. The van der Waals surface area contributed by atoms with Crippen molar-refractivity contribution in [2.45, 2.75) is 0 Å². The van der Waals surface area contributed by atoms with Gasteiger partial charge in [-0.3, -0.25) is 4.98 Å². The van der Waals surface area contributed by atoms with Crippen LogP contribution in [0.1, 0.15) is 0 Å². The van der Waals surface area contributed by atoms with Gasteiger partial charge >= 0.3 is 10.4 Å². The van der Waals surface area contributed by atoms with Crippen molar-refractivity contribution < 1.29 is 16.8 Å². The van der Waals surface area contributed by atoms with Crippen LogP contribution in [-0.4, -0.2) is 20.4 Å². The Bertz CT molecular complexity index is 975. The predicted molar refractivity (Wildman–Crippen MR) is 92.9 cm³/mol. The number of anilines is 1. The average molecular weight is 365 g/mol. The van der Waals surface area contributed by atoms with Crippen LogP contribution in [0.2, 0.25) is 5.02 Å². The molecule has 0 unspecified atom stereocenters. The predicted octanol–water partition coefficient (Wildman–Crippen LogP) is 3.63. The first-order valence-electron chi connectivity index (χ1n) is 6.93. The molecule has 3 aromatic rings. The minimum absolute atomic E-state index is 0.0434. The van der Waals surface area contributed by atoms with Crippen LogP contribution in [-0.2, 0) is 10.4 Å². The summed E-state index contributed by atoms with van der Waals surface area (Å²) in [6.07, 6.45) is 1.52.